The maximum atomic E-state index is 13.3. The average Bonchev–Trinajstić information content (AvgIpc) is 3.10. The Labute approximate surface area is 166 Å². The van der Waals surface area contributed by atoms with Crippen LogP contribution in [0.2, 0.25) is 5.02 Å². The molecule has 0 aromatic heterocycles. The Morgan fingerprint density at radius 3 is 2.57 bits per heavy atom. The molecule has 8 nitrogen and oxygen atoms in total. The van der Waals surface area contributed by atoms with E-state index in [1.165, 1.54) is 42.3 Å². The Bertz CT molecular complexity index is 916. The van der Waals surface area contributed by atoms with Gasteiger partial charge in [0.05, 0.1) is 17.6 Å². The largest absolute Gasteiger partial charge is 0.496 e. The van der Waals surface area contributed by atoms with E-state index in [0.717, 1.165) is 6.42 Å². The number of non-ortho nitro benzene ring substituents is 1. The molecule has 1 heterocycles. The molecule has 0 atom stereocenters. The zero-order chi connectivity index (χ0) is 20.3. The summed E-state index contributed by atoms with van der Waals surface area (Å²) in [5.74, 6) is -0.125. The van der Waals surface area contributed by atoms with Crippen molar-refractivity contribution in [3.8, 4) is 5.75 Å². The fraction of sp³-hybridized carbons (Fsp3) is 0.263. The summed E-state index contributed by atoms with van der Waals surface area (Å²) < 4.78 is 5.27. The maximum absolute atomic E-state index is 13.3. The summed E-state index contributed by atoms with van der Waals surface area (Å²) in [5.41, 5.74) is 0.575. The van der Waals surface area contributed by atoms with Gasteiger partial charge in [0.2, 0.25) is 5.91 Å². The van der Waals surface area contributed by atoms with Gasteiger partial charge in [-0.25, -0.2) is 0 Å². The van der Waals surface area contributed by atoms with E-state index < -0.39 is 10.8 Å². The smallest absolute Gasteiger partial charge is 0.269 e. The monoisotopic (exact) mass is 403 g/mol. The third-order valence-electron chi connectivity index (χ3n) is 4.49. The number of ether oxygens (including phenoxy) is 1. The van der Waals surface area contributed by atoms with E-state index in [0.29, 0.717) is 29.4 Å². The normalized spacial score (nSPS) is 13.5. The quantitative estimate of drug-likeness (QED) is 0.543. The van der Waals surface area contributed by atoms with Crippen molar-refractivity contribution in [2.24, 2.45) is 0 Å². The van der Waals surface area contributed by atoms with Crippen molar-refractivity contribution in [2.45, 2.75) is 12.8 Å². The number of nitrogens with zero attached hydrogens (tertiary/aromatic N) is 3. The number of benzene rings is 2. The molecule has 2 aromatic carbocycles. The van der Waals surface area contributed by atoms with Crippen LogP contribution in [0, 0.1) is 10.1 Å². The SMILES string of the molecule is COc1ccc(Cl)cc1C(=O)N(CN1CCCC1=O)c1ccc([N+](=O)[O-])cc1. The number of carbonyl (C=O) groups excluding carboxylic acids is 2. The molecule has 2 aromatic rings. The van der Waals surface area contributed by atoms with Crippen molar-refractivity contribution in [1.29, 1.82) is 0 Å². The minimum Gasteiger partial charge on any atom is -0.496 e. The molecule has 2 amide bonds. The van der Waals surface area contributed by atoms with Gasteiger partial charge < -0.3 is 9.64 Å². The number of hydrogen-bond acceptors (Lipinski definition) is 5. The van der Waals surface area contributed by atoms with Crippen molar-refractivity contribution in [2.75, 3.05) is 25.2 Å². The Kier molecular flexibility index (Phi) is 5.79. The van der Waals surface area contributed by atoms with Crippen molar-refractivity contribution in [3.63, 3.8) is 0 Å². The predicted octanol–water partition coefficient (Wildman–Crippen LogP) is 3.48. The number of carbonyl (C=O) groups is 2. The lowest BCUT2D eigenvalue weighted by molar-refractivity contribution is -0.384. The van der Waals surface area contributed by atoms with E-state index in [1.807, 2.05) is 0 Å². The molecule has 0 spiro atoms. The zero-order valence-corrected chi connectivity index (χ0v) is 15.9. The molecule has 0 N–H and O–H groups in total. The summed E-state index contributed by atoms with van der Waals surface area (Å²) in [6, 6.07) is 10.3. The second-order valence-electron chi connectivity index (χ2n) is 6.25. The lowest BCUT2D eigenvalue weighted by Crippen LogP contribution is -2.42. The van der Waals surface area contributed by atoms with Crippen LogP contribution in [0.5, 0.6) is 5.75 Å². The average molecular weight is 404 g/mol. The summed E-state index contributed by atoms with van der Waals surface area (Å²) in [6.07, 6.45) is 1.16. The van der Waals surface area contributed by atoms with Gasteiger partial charge in [0.1, 0.15) is 12.4 Å². The Balaban J connectivity index is 2.00. The number of likely N-dealkylation sites (tertiary alicyclic amines) is 1. The molecule has 0 unspecified atom stereocenters. The number of methoxy groups -OCH3 is 1. The number of halogens is 1. The molecule has 1 saturated heterocycles. The first-order chi connectivity index (χ1) is 13.4. The summed E-state index contributed by atoms with van der Waals surface area (Å²) in [6.45, 7) is 0.577. The van der Waals surface area contributed by atoms with E-state index in [4.69, 9.17) is 16.3 Å². The van der Waals surface area contributed by atoms with Crippen LogP contribution in [0.25, 0.3) is 0 Å². The van der Waals surface area contributed by atoms with E-state index in [1.54, 1.807) is 17.0 Å². The van der Waals surface area contributed by atoms with Crippen LogP contribution in [0.3, 0.4) is 0 Å². The maximum Gasteiger partial charge on any atom is 0.269 e. The van der Waals surface area contributed by atoms with Gasteiger partial charge in [-0.3, -0.25) is 24.6 Å². The van der Waals surface area contributed by atoms with Crippen molar-refractivity contribution < 1.29 is 19.2 Å². The molecule has 146 valence electrons. The van der Waals surface area contributed by atoms with E-state index >= 15 is 0 Å². The fourth-order valence-corrected chi connectivity index (χ4v) is 3.21. The van der Waals surface area contributed by atoms with Crippen LogP contribution in [0.1, 0.15) is 23.2 Å². The van der Waals surface area contributed by atoms with Crippen molar-refractivity contribution in [3.05, 3.63) is 63.2 Å². The molecule has 0 bridgehead atoms. The van der Waals surface area contributed by atoms with Crippen LogP contribution < -0.4 is 9.64 Å². The van der Waals surface area contributed by atoms with E-state index in [9.17, 15) is 19.7 Å². The zero-order valence-electron chi connectivity index (χ0n) is 15.1. The van der Waals surface area contributed by atoms with Gasteiger partial charge >= 0.3 is 0 Å². The molecule has 0 saturated carbocycles. The highest BCUT2D eigenvalue weighted by Crippen LogP contribution is 2.28. The first-order valence-electron chi connectivity index (χ1n) is 8.58. The first kappa shape index (κ1) is 19.6. The molecular formula is C19H18ClN3O5. The lowest BCUT2D eigenvalue weighted by Gasteiger charge is -2.28. The molecular weight excluding hydrogens is 386 g/mol. The van der Waals surface area contributed by atoms with Crippen molar-refractivity contribution in [1.82, 2.24) is 4.90 Å². The molecule has 0 radical (unpaired) electrons. The van der Waals surface area contributed by atoms with Crippen LogP contribution in [-0.4, -0.2) is 42.0 Å². The Hall–Kier alpha value is -3.13. The highest BCUT2D eigenvalue weighted by Gasteiger charge is 2.28. The lowest BCUT2D eigenvalue weighted by atomic mass is 10.1. The Morgan fingerprint density at radius 2 is 2.00 bits per heavy atom. The Morgan fingerprint density at radius 1 is 1.29 bits per heavy atom. The van der Waals surface area contributed by atoms with E-state index in [-0.39, 0.29) is 23.8 Å². The topological polar surface area (TPSA) is 93.0 Å². The van der Waals surface area contributed by atoms with Gasteiger partial charge in [0, 0.05) is 35.8 Å². The van der Waals surface area contributed by atoms with Gasteiger partial charge in [-0.1, -0.05) is 11.6 Å². The van der Waals surface area contributed by atoms with Gasteiger partial charge in [-0.05, 0) is 36.8 Å². The molecule has 1 aliphatic heterocycles. The predicted molar refractivity (Wildman–Crippen MR) is 104 cm³/mol. The molecule has 9 heteroatoms. The number of nitro benzene ring substituents is 1. The van der Waals surface area contributed by atoms with Gasteiger partial charge in [-0.2, -0.15) is 0 Å². The molecule has 0 aliphatic carbocycles. The number of anilines is 1. The summed E-state index contributed by atoms with van der Waals surface area (Å²) >= 11 is 6.05. The van der Waals surface area contributed by atoms with Gasteiger partial charge in [-0.15, -0.1) is 0 Å². The number of amides is 2. The second kappa shape index (κ2) is 8.26. The van der Waals surface area contributed by atoms with Crippen LogP contribution in [0.15, 0.2) is 42.5 Å². The van der Waals surface area contributed by atoms with Crippen LogP contribution in [0.4, 0.5) is 11.4 Å². The van der Waals surface area contributed by atoms with Gasteiger partial charge in [0.25, 0.3) is 11.6 Å². The fourth-order valence-electron chi connectivity index (χ4n) is 3.03. The molecule has 28 heavy (non-hydrogen) atoms. The molecule has 3 rings (SSSR count). The molecule has 1 fully saturated rings. The minimum atomic E-state index is -0.514. The third-order valence-corrected chi connectivity index (χ3v) is 4.73. The minimum absolute atomic E-state index is 0.0329. The summed E-state index contributed by atoms with van der Waals surface area (Å²) in [4.78, 5) is 38.8. The van der Waals surface area contributed by atoms with Crippen LogP contribution in [-0.2, 0) is 4.79 Å². The number of nitro groups is 1. The third kappa shape index (κ3) is 4.07. The summed E-state index contributed by atoms with van der Waals surface area (Å²) in [5, 5.41) is 11.3. The highest BCUT2D eigenvalue weighted by molar-refractivity contribution is 6.31. The first-order valence-corrected chi connectivity index (χ1v) is 8.96. The number of rotatable bonds is 6. The van der Waals surface area contributed by atoms with Gasteiger partial charge in [0.15, 0.2) is 0 Å². The van der Waals surface area contributed by atoms with E-state index in [2.05, 4.69) is 0 Å². The van der Waals surface area contributed by atoms with Crippen LogP contribution >= 0.6 is 11.6 Å². The second-order valence-corrected chi connectivity index (χ2v) is 6.69. The highest BCUT2D eigenvalue weighted by atomic mass is 35.5. The van der Waals surface area contributed by atoms with Crippen molar-refractivity contribution >= 4 is 34.8 Å². The number of hydrogen-bond donors (Lipinski definition) is 0. The summed E-state index contributed by atoms with van der Waals surface area (Å²) in [7, 11) is 1.44. The molecule has 1 aliphatic rings. The standard InChI is InChI=1S/C19H18ClN3O5/c1-28-17-9-4-13(20)11-16(17)19(25)22(12-21-10-2-3-18(21)24)14-5-7-15(8-6-14)23(26)27/h4-9,11H,2-3,10,12H2,1H3.